The Balaban J connectivity index is 1.58. The lowest BCUT2D eigenvalue weighted by molar-refractivity contribution is -0.137. The van der Waals surface area contributed by atoms with Gasteiger partial charge in [0.1, 0.15) is 17.4 Å². The third kappa shape index (κ3) is 4.86. The molecule has 2 aromatic carbocycles. The van der Waals surface area contributed by atoms with Crippen molar-refractivity contribution in [1.82, 2.24) is 4.72 Å². The van der Waals surface area contributed by atoms with E-state index in [4.69, 9.17) is 9.15 Å². The van der Waals surface area contributed by atoms with Crippen molar-refractivity contribution in [3.63, 3.8) is 0 Å². The molecule has 0 saturated heterocycles. The largest absolute Gasteiger partial charge is 0.425 e. The third-order valence-electron chi connectivity index (χ3n) is 5.95. The summed E-state index contributed by atoms with van der Waals surface area (Å²) >= 11 is 0. The predicted molar refractivity (Wildman–Crippen MR) is 125 cm³/mol. The van der Waals surface area contributed by atoms with E-state index in [0.29, 0.717) is 12.0 Å². The van der Waals surface area contributed by atoms with Crippen LogP contribution in [0.25, 0.3) is 11.0 Å². The van der Waals surface area contributed by atoms with Gasteiger partial charge in [-0.3, -0.25) is 0 Å². The predicted octanol–water partition coefficient (Wildman–Crippen LogP) is 3.89. The van der Waals surface area contributed by atoms with Crippen LogP contribution in [0.15, 0.2) is 56.6 Å². The number of sulfonamides is 1. The molecule has 0 saturated carbocycles. The van der Waals surface area contributed by atoms with Gasteiger partial charge in [0.15, 0.2) is 0 Å². The Bertz CT molecular complexity index is 1360. The van der Waals surface area contributed by atoms with E-state index in [0.717, 1.165) is 41.3 Å². The number of ether oxygens (including phenoxy) is 1. The van der Waals surface area contributed by atoms with Gasteiger partial charge >= 0.3 is 11.6 Å². The first-order chi connectivity index (χ1) is 15.7. The highest BCUT2D eigenvalue weighted by atomic mass is 32.2. The third-order valence-corrected chi connectivity index (χ3v) is 7.40. The summed E-state index contributed by atoms with van der Waals surface area (Å²) in [6.07, 6.45) is 3.50. The standard InChI is InChI=1S/C25H27NO6S/c1-15(2)23(26-33(29,30)18-11-8-16(3)9-12-18)25(28)31-17-10-13-20-19-6-4-5-7-21(19)24(27)32-22(20)14-17/h8-15,23,26H,4-7H2,1-3H3/t23-/m0/s1. The summed E-state index contributed by atoms with van der Waals surface area (Å²) < 4.78 is 39.0. The normalized spacial score (nSPS) is 14.8. The van der Waals surface area contributed by atoms with Crippen molar-refractivity contribution in [2.24, 2.45) is 5.92 Å². The molecule has 0 spiro atoms. The molecule has 1 aliphatic carbocycles. The molecule has 7 nitrogen and oxygen atoms in total. The number of fused-ring (bicyclic) bond motifs is 3. The van der Waals surface area contributed by atoms with Gasteiger partial charge in [-0.05, 0) is 68.4 Å². The van der Waals surface area contributed by atoms with Gasteiger partial charge in [0, 0.05) is 17.0 Å². The number of hydrogen-bond acceptors (Lipinski definition) is 6. The zero-order chi connectivity index (χ0) is 23.8. The molecular weight excluding hydrogens is 442 g/mol. The number of nitrogens with one attached hydrogen (secondary N) is 1. The number of hydrogen-bond donors (Lipinski definition) is 1. The molecule has 1 aromatic heterocycles. The maximum Gasteiger partial charge on any atom is 0.339 e. The Morgan fingerprint density at radius 1 is 1.03 bits per heavy atom. The molecular formula is C25H27NO6S. The lowest BCUT2D eigenvalue weighted by Crippen LogP contribution is -2.46. The highest BCUT2D eigenvalue weighted by Crippen LogP contribution is 2.29. The number of carbonyl (C=O) groups excluding carboxylic acids is 1. The van der Waals surface area contributed by atoms with Gasteiger partial charge in [0.2, 0.25) is 10.0 Å². The van der Waals surface area contributed by atoms with Gasteiger partial charge in [-0.25, -0.2) is 18.0 Å². The molecule has 174 valence electrons. The topological polar surface area (TPSA) is 103 Å². The van der Waals surface area contributed by atoms with E-state index >= 15 is 0 Å². The van der Waals surface area contributed by atoms with Crippen LogP contribution >= 0.6 is 0 Å². The number of rotatable bonds is 6. The average molecular weight is 470 g/mol. The van der Waals surface area contributed by atoms with Crippen LogP contribution in [0.5, 0.6) is 5.75 Å². The van der Waals surface area contributed by atoms with Crippen molar-refractivity contribution in [3.05, 3.63) is 69.6 Å². The van der Waals surface area contributed by atoms with Crippen molar-refractivity contribution >= 4 is 27.0 Å². The summed E-state index contributed by atoms with van der Waals surface area (Å²) in [5.41, 5.74) is 2.65. The molecule has 0 amide bonds. The van der Waals surface area contributed by atoms with Crippen LogP contribution in [0.4, 0.5) is 0 Å². The first-order valence-electron chi connectivity index (χ1n) is 11.0. The zero-order valence-corrected chi connectivity index (χ0v) is 19.7. The number of carbonyl (C=O) groups is 1. The van der Waals surface area contributed by atoms with E-state index in [2.05, 4.69) is 4.72 Å². The maximum absolute atomic E-state index is 12.9. The lowest BCUT2D eigenvalue weighted by Gasteiger charge is -2.21. The van der Waals surface area contributed by atoms with Gasteiger partial charge < -0.3 is 9.15 Å². The Morgan fingerprint density at radius 3 is 2.36 bits per heavy atom. The smallest absolute Gasteiger partial charge is 0.339 e. The first-order valence-corrected chi connectivity index (χ1v) is 12.5. The van der Waals surface area contributed by atoms with Gasteiger partial charge in [0.25, 0.3) is 0 Å². The molecule has 3 aromatic rings. The van der Waals surface area contributed by atoms with Crippen molar-refractivity contribution in [3.8, 4) is 5.75 Å². The summed E-state index contributed by atoms with van der Waals surface area (Å²) in [4.78, 5) is 25.4. The highest BCUT2D eigenvalue weighted by Gasteiger charge is 2.30. The molecule has 1 atom stereocenters. The Morgan fingerprint density at radius 2 is 1.70 bits per heavy atom. The molecule has 1 aliphatic rings. The van der Waals surface area contributed by atoms with Gasteiger partial charge in [-0.2, -0.15) is 4.72 Å². The second-order valence-electron chi connectivity index (χ2n) is 8.79. The minimum Gasteiger partial charge on any atom is -0.425 e. The zero-order valence-electron chi connectivity index (χ0n) is 18.9. The van der Waals surface area contributed by atoms with E-state index in [1.807, 2.05) is 6.92 Å². The van der Waals surface area contributed by atoms with E-state index in [1.165, 1.54) is 18.2 Å². The number of aryl methyl sites for hydroxylation is 2. The SMILES string of the molecule is Cc1ccc(S(=O)(=O)N[C@H](C(=O)Oc2ccc3c4c(c(=O)oc3c2)CCCC4)C(C)C)cc1. The van der Waals surface area contributed by atoms with E-state index in [9.17, 15) is 18.0 Å². The number of esters is 1. The monoisotopic (exact) mass is 469 g/mol. The minimum absolute atomic E-state index is 0.0730. The summed E-state index contributed by atoms with van der Waals surface area (Å²) in [5, 5.41) is 0.838. The van der Waals surface area contributed by atoms with Crippen molar-refractivity contribution < 1.29 is 22.4 Å². The molecule has 0 bridgehead atoms. The van der Waals surface area contributed by atoms with Crippen LogP contribution < -0.4 is 15.1 Å². The van der Waals surface area contributed by atoms with Crippen LogP contribution in [0.2, 0.25) is 0 Å². The second kappa shape index (κ2) is 9.11. The highest BCUT2D eigenvalue weighted by molar-refractivity contribution is 7.89. The molecule has 0 unspecified atom stereocenters. The minimum atomic E-state index is -3.92. The molecule has 4 rings (SSSR count). The van der Waals surface area contributed by atoms with Crippen molar-refractivity contribution in [2.45, 2.75) is 57.4 Å². The van der Waals surface area contributed by atoms with Crippen LogP contribution in [0.1, 0.15) is 43.4 Å². The summed E-state index contributed by atoms with van der Waals surface area (Å²) in [6.45, 7) is 5.32. The van der Waals surface area contributed by atoms with Crippen LogP contribution in [0, 0.1) is 12.8 Å². The molecule has 0 radical (unpaired) electrons. The second-order valence-corrected chi connectivity index (χ2v) is 10.5. The molecule has 0 fully saturated rings. The molecule has 0 aliphatic heterocycles. The maximum atomic E-state index is 12.9. The summed E-state index contributed by atoms with van der Waals surface area (Å²) in [6, 6.07) is 10.2. The van der Waals surface area contributed by atoms with E-state index < -0.39 is 22.0 Å². The van der Waals surface area contributed by atoms with E-state index in [-0.39, 0.29) is 22.2 Å². The van der Waals surface area contributed by atoms with Gasteiger partial charge in [-0.1, -0.05) is 31.5 Å². The van der Waals surface area contributed by atoms with E-state index in [1.54, 1.807) is 38.1 Å². The lowest BCUT2D eigenvalue weighted by atomic mass is 9.91. The van der Waals surface area contributed by atoms with Gasteiger partial charge in [-0.15, -0.1) is 0 Å². The van der Waals surface area contributed by atoms with Crippen molar-refractivity contribution in [2.75, 3.05) is 0 Å². The summed E-state index contributed by atoms with van der Waals surface area (Å²) in [7, 11) is -3.92. The Hall–Kier alpha value is -2.97. The molecule has 1 N–H and O–H groups in total. The van der Waals surface area contributed by atoms with Gasteiger partial charge in [0.05, 0.1) is 4.90 Å². The Labute approximate surface area is 192 Å². The van der Waals surface area contributed by atoms with Crippen LogP contribution in [0.3, 0.4) is 0 Å². The summed E-state index contributed by atoms with van der Waals surface area (Å²) in [5.74, 6) is -0.907. The van der Waals surface area contributed by atoms with Crippen LogP contribution in [-0.2, 0) is 27.7 Å². The fourth-order valence-corrected chi connectivity index (χ4v) is 5.41. The fraction of sp³-hybridized carbons (Fsp3) is 0.360. The Kier molecular flexibility index (Phi) is 6.41. The molecule has 33 heavy (non-hydrogen) atoms. The van der Waals surface area contributed by atoms with Crippen molar-refractivity contribution in [1.29, 1.82) is 0 Å². The fourth-order valence-electron chi connectivity index (χ4n) is 4.08. The molecule has 1 heterocycles. The molecule has 8 heteroatoms. The first kappa shape index (κ1) is 23.2. The average Bonchev–Trinajstić information content (AvgIpc) is 2.77. The quantitative estimate of drug-likeness (QED) is 0.334. The van der Waals surface area contributed by atoms with Crippen LogP contribution in [-0.4, -0.2) is 20.4 Å². The number of benzene rings is 2.